The van der Waals surface area contributed by atoms with Crippen LogP contribution in [0, 0.1) is 0 Å². The van der Waals surface area contributed by atoms with Crippen molar-refractivity contribution in [3.05, 3.63) is 77.6 Å². The first-order chi connectivity index (χ1) is 10.7. The van der Waals surface area contributed by atoms with Crippen LogP contribution < -0.4 is 0 Å². The van der Waals surface area contributed by atoms with E-state index >= 15 is 0 Å². The summed E-state index contributed by atoms with van der Waals surface area (Å²) in [6, 6.07) is 12.8. The molecule has 2 aromatic rings. The summed E-state index contributed by atoms with van der Waals surface area (Å²) in [5, 5.41) is 8.49. The fourth-order valence-electron chi connectivity index (χ4n) is 2.34. The van der Waals surface area contributed by atoms with E-state index in [1.807, 2.05) is 12.3 Å². The molecule has 0 saturated carbocycles. The molecule has 3 nitrogen and oxygen atoms in total. The number of hydrogen-bond donors (Lipinski definition) is 1. The van der Waals surface area contributed by atoms with Crippen LogP contribution in [0.2, 0.25) is 0 Å². The number of aryl methyl sites for hydroxylation is 1. The Kier molecular flexibility index (Phi) is 6.37. The van der Waals surface area contributed by atoms with E-state index in [0.717, 1.165) is 32.1 Å². The van der Waals surface area contributed by atoms with Crippen LogP contribution in [0.1, 0.15) is 36.0 Å². The summed E-state index contributed by atoms with van der Waals surface area (Å²) in [5.41, 5.74) is 3.85. The van der Waals surface area contributed by atoms with Gasteiger partial charge in [-0.1, -0.05) is 36.4 Å². The molecule has 1 aromatic carbocycles. The summed E-state index contributed by atoms with van der Waals surface area (Å²) in [6.45, 7) is 0. The van der Waals surface area contributed by atoms with Gasteiger partial charge in [0.15, 0.2) is 0 Å². The van der Waals surface area contributed by atoms with Gasteiger partial charge in [-0.3, -0.25) is 4.98 Å². The minimum absolute atomic E-state index is 0.825. The smallest absolute Gasteiger partial charge is 0.327 e. The molecule has 0 saturated heterocycles. The number of pyridine rings is 1. The van der Waals surface area contributed by atoms with Gasteiger partial charge in [0.1, 0.15) is 0 Å². The Bertz CT molecular complexity index is 603. The second-order valence-electron chi connectivity index (χ2n) is 5.34. The molecule has 0 amide bonds. The summed E-state index contributed by atoms with van der Waals surface area (Å²) in [5.74, 6) is -0.871. The van der Waals surface area contributed by atoms with Gasteiger partial charge in [-0.05, 0) is 54.9 Å². The van der Waals surface area contributed by atoms with Crippen molar-refractivity contribution in [2.45, 2.75) is 32.1 Å². The number of aromatic nitrogens is 1. The fraction of sp³-hybridized carbons (Fsp3) is 0.263. The van der Waals surface area contributed by atoms with Crippen molar-refractivity contribution >= 4 is 5.97 Å². The number of carbonyl (C=O) groups is 1. The highest BCUT2D eigenvalue weighted by atomic mass is 16.4. The summed E-state index contributed by atoms with van der Waals surface area (Å²) in [7, 11) is 0. The minimum Gasteiger partial charge on any atom is -0.478 e. The van der Waals surface area contributed by atoms with Crippen LogP contribution in [-0.2, 0) is 17.6 Å². The predicted octanol–water partition coefficient (Wildman–Crippen LogP) is 4.03. The topological polar surface area (TPSA) is 50.2 Å². The number of rotatable bonds is 8. The van der Waals surface area contributed by atoms with Gasteiger partial charge in [-0.2, -0.15) is 0 Å². The maximum atomic E-state index is 10.3. The molecular formula is C19H21NO2. The molecule has 1 N–H and O–H groups in total. The van der Waals surface area contributed by atoms with Crippen molar-refractivity contribution in [1.29, 1.82) is 0 Å². The number of allylic oxidation sites excluding steroid dienone is 1. The quantitative estimate of drug-likeness (QED) is 0.591. The Hall–Kier alpha value is -2.42. The van der Waals surface area contributed by atoms with Crippen LogP contribution in [0.15, 0.2) is 60.9 Å². The van der Waals surface area contributed by atoms with E-state index in [2.05, 4.69) is 35.3 Å². The number of carboxylic acids is 1. The number of aliphatic carboxylic acids is 1. The van der Waals surface area contributed by atoms with Crippen molar-refractivity contribution < 1.29 is 9.90 Å². The monoisotopic (exact) mass is 295 g/mol. The lowest BCUT2D eigenvalue weighted by Crippen LogP contribution is -1.91. The molecule has 22 heavy (non-hydrogen) atoms. The standard InChI is InChI=1S/C19H21NO2/c21-19(22)8-4-2-1-3-6-16-9-11-17(12-10-16)14-18-7-5-13-20-15-18/h4-5,7-13,15H,1-3,6,14H2,(H,21,22). The molecular weight excluding hydrogens is 274 g/mol. The molecule has 0 unspecified atom stereocenters. The summed E-state index contributed by atoms with van der Waals surface area (Å²) < 4.78 is 0. The minimum atomic E-state index is -0.871. The lowest BCUT2D eigenvalue weighted by molar-refractivity contribution is -0.131. The highest BCUT2D eigenvalue weighted by Crippen LogP contribution is 2.12. The second kappa shape index (κ2) is 8.78. The Labute approximate surface area is 131 Å². The molecule has 1 heterocycles. The fourth-order valence-corrected chi connectivity index (χ4v) is 2.34. The number of unbranched alkanes of at least 4 members (excludes halogenated alkanes) is 2. The van der Waals surface area contributed by atoms with Gasteiger partial charge < -0.3 is 5.11 Å². The number of nitrogens with zero attached hydrogens (tertiary/aromatic N) is 1. The molecule has 2 rings (SSSR count). The van der Waals surface area contributed by atoms with E-state index in [1.165, 1.54) is 22.8 Å². The molecule has 0 fully saturated rings. The van der Waals surface area contributed by atoms with Crippen molar-refractivity contribution in [2.75, 3.05) is 0 Å². The normalized spacial score (nSPS) is 10.9. The first kappa shape index (κ1) is 16.0. The molecule has 0 atom stereocenters. The van der Waals surface area contributed by atoms with E-state index in [0.29, 0.717) is 0 Å². The lowest BCUT2D eigenvalue weighted by atomic mass is 10.0. The molecule has 1 aromatic heterocycles. The van der Waals surface area contributed by atoms with Gasteiger partial charge in [0, 0.05) is 18.5 Å². The van der Waals surface area contributed by atoms with E-state index in [4.69, 9.17) is 5.11 Å². The van der Waals surface area contributed by atoms with Gasteiger partial charge in [0.05, 0.1) is 0 Å². The van der Waals surface area contributed by atoms with Crippen LogP contribution in [-0.4, -0.2) is 16.1 Å². The van der Waals surface area contributed by atoms with Gasteiger partial charge in [-0.25, -0.2) is 4.79 Å². The first-order valence-electron chi connectivity index (χ1n) is 7.60. The molecule has 0 bridgehead atoms. The van der Waals surface area contributed by atoms with Crippen LogP contribution in [0.25, 0.3) is 0 Å². The van der Waals surface area contributed by atoms with Crippen LogP contribution in [0.5, 0.6) is 0 Å². The van der Waals surface area contributed by atoms with Crippen molar-refractivity contribution in [2.24, 2.45) is 0 Å². The third-order valence-corrected chi connectivity index (χ3v) is 3.50. The Morgan fingerprint density at radius 1 is 1.05 bits per heavy atom. The maximum absolute atomic E-state index is 10.3. The lowest BCUT2D eigenvalue weighted by Gasteiger charge is -2.04. The first-order valence-corrected chi connectivity index (χ1v) is 7.60. The predicted molar refractivity (Wildman–Crippen MR) is 87.8 cm³/mol. The SMILES string of the molecule is O=C(O)C=CCCCCc1ccc(Cc2cccnc2)cc1. The van der Waals surface area contributed by atoms with Crippen molar-refractivity contribution in [3.63, 3.8) is 0 Å². The number of hydrogen-bond acceptors (Lipinski definition) is 2. The Balaban J connectivity index is 1.74. The third-order valence-electron chi connectivity index (χ3n) is 3.50. The van der Waals surface area contributed by atoms with E-state index in [9.17, 15) is 4.79 Å². The zero-order valence-electron chi connectivity index (χ0n) is 12.6. The van der Waals surface area contributed by atoms with E-state index in [-0.39, 0.29) is 0 Å². The zero-order chi connectivity index (χ0) is 15.6. The number of carboxylic acid groups (broad SMARTS) is 1. The average Bonchev–Trinajstić information content (AvgIpc) is 2.53. The molecule has 114 valence electrons. The highest BCUT2D eigenvalue weighted by molar-refractivity contribution is 5.79. The highest BCUT2D eigenvalue weighted by Gasteiger charge is 1.98. The molecule has 0 radical (unpaired) electrons. The molecule has 3 heteroatoms. The third kappa shape index (κ3) is 5.92. The van der Waals surface area contributed by atoms with Crippen LogP contribution in [0.3, 0.4) is 0 Å². The maximum Gasteiger partial charge on any atom is 0.327 e. The largest absolute Gasteiger partial charge is 0.478 e. The molecule has 0 aliphatic carbocycles. The Morgan fingerprint density at radius 2 is 1.82 bits per heavy atom. The van der Waals surface area contributed by atoms with Gasteiger partial charge in [0.2, 0.25) is 0 Å². The summed E-state index contributed by atoms with van der Waals surface area (Å²) >= 11 is 0. The van der Waals surface area contributed by atoms with Gasteiger partial charge >= 0.3 is 5.97 Å². The van der Waals surface area contributed by atoms with E-state index in [1.54, 1.807) is 12.3 Å². The van der Waals surface area contributed by atoms with Crippen molar-refractivity contribution in [3.8, 4) is 0 Å². The van der Waals surface area contributed by atoms with Crippen LogP contribution in [0.4, 0.5) is 0 Å². The summed E-state index contributed by atoms with van der Waals surface area (Å²) in [4.78, 5) is 14.5. The van der Waals surface area contributed by atoms with Gasteiger partial charge in [0.25, 0.3) is 0 Å². The van der Waals surface area contributed by atoms with Gasteiger partial charge in [-0.15, -0.1) is 0 Å². The average molecular weight is 295 g/mol. The molecule has 0 spiro atoms. The van der Waals surface area contributed by atoms with Crippen LogP contribution >= 0.6 is 0 Å². The molecule has 0 aliphatic heterocycles. The zero-order valence-corrected chi connectivity index (χ0v) is 12.6. The summed E-state index contributed by atoms with van der Waals surface area (Å²) in [6.07, 6.45) is 11.5. The van der Waals surface area contributed by atoms with Crippen molar-refractivity contribution in [1.82, 2.24) is 4.98 Å². The van der Waals surface area contributed by atoms with E-state index < -0.39 is 5.97 Å². The Morgan fingerprint density at radius 3 is 2.50 bits per heavy atom. The molecule has 0 aliphatic rings. The number of benzene rings is 1. The second-order valence-corrected chi connectivity index (χ2v) is 5.34.